The summed E-state index contributed by atoms with van der Waals surface area (Å²) < 4.78 is 0. The van der Waals surface area contributed by atoms with E-state index in [0.717, 1.165) is 17.4 Å². The largest absolute Gasteiger partial charge is 0.478 e. The maximum Gasteiger partial charge on any atom is 0.335 e. The summed E-state index contributed by atoms with van der Waals surface area (Å²) in [6, 6.07) is 18.0. The molecule has 4 fully saturated rings. The Morgan fingerprint density at radius 1 is 0.926 bits per heavy atom. The monoisotopic (exact) mass is 356 g/mol. The first-order valence-electron chi connectivity index (χ1n) is 10.0. The van der Waals surface area contributed by atoms with Crippen molar-refractivity contribution in [3.05, 3.63) is 71.3 Å². The Morgan fingerprint density at radius 2 is 1.59 bits per heavy atom. The van der Waals surface area contributed by atoms with Gasteiger partial charge in [-0.05, 0) is 79.7 Å². The van der Waals surface area contributed by atoms with Crippen LogP contribution < -0.4 is 0 Å². The standard InChI is InChI=1S/C25H24O2/c26-24(27)20-7-9-22(10-8-20)25-15-18-12-19(16-25)14-21(13-18)23(25)11-6-17-4-2-1-3-5-17/h1-5,7-10,18-19,21,23H,12-16H2,(H,26,27). The van der Waals surface area contributed by atoms with Crippen LogP contribution in [0.4, 0.5) is 0 Å². The van der Waals surface area contributed by atoms with Gasteiger partial charge in [0.05, 0.1) is 5.56 Å². The zero-order chi connectivity index (χ0) is 18.4. The van der Waals surface area contributed by atoms with Crippen LogP contribution in [0.5, 0.6) is 0 Å². The van der Waals surface area contributed by atoms with Crippen molar-refractivity contribution in [3.8, 4) is 11.8 Å². The second-order valence-electron chi connectivity index (χ2n) is 8.76. The lowest BCUT2D eigenvalue weighted by atomic mass is 9.43. The van der Waals surface area contributed by atoms with E-state index in [0.29, 0.717) is 17.4 Å². The predicted molar refractivity (Wildman–Crippen MR) is 105 cm³/mol. The molecule has 4 aliphatic rings. The van der Waals surface area contributed by atoms with Crippen molar-refractivity contribution in [3.63, 3.8) is 0 Å². The third kappa shape index (κ3) is 2.77. The van der Waals surface area contributed by atoms with Crippen LogP contribution >= 0.6 is 0 Å². The molecule has 0 heterocycles. The molecule has 27 heavy (non-hydrogen) atoms. The fourth-order valence-corrected chi connectivity index (χ4v) is 6.34. The van der Waals surface area contributed by atoms with E-state index in [4.69, 9.17) is 0 Å². The van der Waals surface area contributed by atoms with Crippen LogP contribution in [-0.4, -0.2) is 11.1 Å². The SMILES string of the molecule is O=C(O)c1ccc(C23CC4CC(CC(C4)C2C#Cc2ccccc2)C3)cc1. The predicted octanol–water partition coefficient (Wildman–Crippen LogP) is 5.13. The highest BCUT2D eigenvalue weighted by atomic mass is 16.4. The van der Waals surface area contributed by atoms with Crippen LogP contribution in [0.3, 0.4) is 0 Å². The summed E-state index contributed by atoms with van der Waals surface area (Å²) >= 11 is 0. The molecule has 3 unspecified atom stereocenters. The number of carboxylic acid groups (broad SMARTS) is 1. The second-order valence-corrected chi connectivity index (χ2v) is 8.76. The van der Waals surface area contributed by atoms with Crippen molar-refractivity contribution >= 4 is 5.97 Å². The van der Waals surface area contributed by atoms with Gasteiger partial charge in [-0.2, -0.15) is 0 Å². The van der Waals surface area contributed by atoms with Gasteiger partial charge in [0.2, 0.25) is 0 Å². The Hall–Kier alpha value is -2.53. The molecule has 0 aliphatic heterocycles. The number of hydrogen-bond donors (Lipinski definition) is 1. The molecule has 1 N–H and O–H groups in total. The zero-order valence-corrected chi connectivity index (χ0v) is 15.4. The summed E-state index contributed by atoms with van der Waals surface area (Å²) in [6.07, 6.45) is 6.44. The third-order valence-electron chi connectivity index (χ3n) is 7.16. The van der Waals surface area contributed by atoms with Gasteiger partial charge < -0.3 is 5.11 Å². The Bertz CT molecular complexity index is 902. The smallest absolute Gasteiger partial charge is 0.335 e. The van der Waals surface area contributed by atoms with Gasteiger partial charge in [-0.3, -0.25) is 0 Å². The van der Waals surface area contributed by atoms with E-state index in [1.165, 1.54) is 37.7 Å². The van der Waals surface area contributed by atoms with Gasteiger partial charge in [0, 0.05) is 16.9 Å². The average molecular weight is 356 g/mol. The Labute approximate surface area is 160 Å². The van der Waals surface area contributed by atoms with Crippen LogP contribution in [0.2, 0.25) is 0 Å². The molecule has 4 saturated carbocycles. The summed E-state index contributed by atoms with van der Waals surface area (Å²) in [6.45, 7) is 0. The molecular formula is C25H24O2. The maximum absolute atomic E-state index is 11.3. The van der Waals surface area contributed by atoms with Gasteiger partial charge in [-0.25, -0.2) is 4.79 Å². The fourth-order valence-electron chi connectivity index (χ4n) is 6.34. The van der Waals surface area contributed by atoms with Gasteiger partial charge in [-0.15, -0.1) is 0 Å². The molecule has 4 bridgehead atoms. The van der Waals surface area contributed by atoms with Gasteiger partial charge in [0.1, 0.15) is 0 Å². The van der Waals surface area contributed by atoms with E-state index in [1.807, 2.05) is 18.2 Å². The highest BCUT2D eigenvalue weighted by Gasteiger charge is 2.57. The highest BCUT2D eigenvalue weighted by molar-refractivity contribution is 5.87. The van der Waals surface area contributed by atoms with Crippen molar-refractivity contribution in [2.24, 2.45) is 23.7 Å². The van der Waals surface area contributed by atoms with Crippen molar-refractivity contribution in [1.29, 1.82) is 0 Å². The van der Waals surface area contributed by atoms with Crippen molar-refractivity contribution < 1.29 is 9.90 Å². The number of hydrogen-bond acceptors (Lipinski definition) is 1. The van der Waals surface area contributed by atoms with E-state index in [9.17, 15) is 9.90 Å². The van der Waals surface area contributed by atoms with Gasteiger partial charge in [0.15, 0.2) is 0 Å². The Morgan fingerprint density at radius 3 is 2.22 bits per heavy atom. The Kier molecular flexibility index (Phi) is 3.86. The van der Waals surface area contributed by atoms with Crippen LogP contribution in [0, 0.1) is 35.5 Å². The van der Waals surface area contributed by atoms with Crippen LogP contribution in [0.15, 0.2) is 54.6 Å². The number of carboxylic acids is 1. The number of rotatable bonds is 2. The van der Waals surface area contributed by atoms with Gasteiger partial charge in [-0.1, -0.05) is 42.2 Å². The lowest BCUT2D eigenvalue weighted by Gasteiger charge is -2.60. The van der Waals surface area contributed by atoms with Crippen LogP contribution in [-0.2, 0) is 5.41 Å². The summed E-state index contributed by atoms with van der Waals surface area (Å²) in [4.78, 5) is 11.3. The molecule has 2 aromatic carbocycles. The molecule has 2 aromatic rings. The van der Waals surface area contributed by atoms with E-state index in [2.05, 4.69) is 36.1 Å². The van der Waals surface area contributed by atoms with Crippen LogP contribution in [0.1, 0.15) is 53.6 Å². The highest BCUT2D eigenvalue weighted by Crippen LogP contribution is 2.63. The van der Waals surface area contributed by atoms with Gasteiger partial charge >= 0.3 is 5.97 Å². The van der Waals surface area contributed by atoms with Crippen molar-refractivity contribution in [2.75, 3.05) is 0 Å². The topological polar surface area (TPSA) is 37.3 Å². The van der Waals surface area contributed by atoms with Crippen LogP contribution in [0.25, 0.3) is 0 Å². The number of benzene rings is 2. The van der Waals surface area contributed by atoms with Crippen molar-refractivity contribution in [2.45, 2.75) is 37.5 Å². The maximum atomic E-state index is 11.3. The summed E-state index contributed by atoms with van der Waals surface area (Å²) in [5.41, 5.74) is 2.87. The molecule has 0 radical (unpaired) electrons. The minimum atomic E-state index is -0.854. The van der Waals surface area contributed by atoms with E-state index < -0.39 is 5.97 Å². The third-order valence-corrected chi connectivity index (χ3v) is 7.16. The zero-order valence-electron chi connectivity index (χ0n) is 15.4. The molecule has 0 amide bonds. The summed E-state index contributed by atoms with van der Waals surface area (Å²) in [5, 5.41) is 9.25. The molecule has 2 heteroatoms. The lowest BCUT2D eigenvalue weighted by molar-refractivity contribution is -0.0378. The van der Waals surface area contributed by atoms with E-state index >= 15 is 0 Å². The lowest BCUT2D eigenvalue weighted by Crippen LogP contribution is -2.54. The molecule has 0 spiro atoms. The average Bonchev–Trinajstić information content (AvgIpc) is 2.68. The molecule has 4 aliphatic carbocycles. The van der Waals surface area contributed by atoms with Crippen molar-refractivity contribution in [1.82, 2.24) is 0 Å². The summed E-state index contributed by atoms with van der Waals surface area (Å²) in [7, 11) is 0. The molecule has 0 saturated heterocycles. The number of aromatic carboxylic acids is 1. The minimum absolute atomic E-state index is 0.105. The van der Waals surface area contributed by atoms with E-state index in [-0.39, 0.29) is 5.41 Å². The Balaban J connectivity index is 1.56. The molecule has 136 valence electrons. The van der Waals surface area contributed by atoms with E-state index in [1.54, 1.807) is 12.1 Å². The second kappa shape index (κ2) is 6.27. The first-order chi connectivity index (χ1) is 13.1. The minimum Gasteiger partial charge on any atom is -0.478 e. The first-order valence-corrected chi connectivity index (χ1v) is 10.0. The first kappa shape index (κ1) is 16.6. The number of carbonyl (C=O) groups is 1. The van der Waals surface area contributed by atoms with Gasteiger partial charge in [0.25, 0.3) is 0 Å². The molecule has 3 atom stereocenters. The normalized spacial score (nSPS) is 33.3. The molecular weight excluding hydrogens is 332 g/mol. The molecule has 0 aromatic heterocycles. The molecule has 2 nitrogen and oxygen atoms in total. The fraction of sp³-hybridized carbons (Fsp3) is 0.400. The molecule has 6 rings (SSSR count). The quantitative estimate of drug-likeness (QED) is 0.757. The summed E-state index contributed by atoms with van der Waals surface area (Å²) in [5.74, 6) is 8.98.